The van der Waals surface area contributed by atoms with Gasteiger partial charge in [-0.05, 0) is 5.56 Å². The molecular formula is C18H25N3O4S. The number of amides is 2. The molecular weight excluding hydrogens is 354 g/mol. The third kappa shape index (κ3) is 3.91. The molecule has 1 aromatic carbocycles. The number of benzene rings is 1. The number of carbonyl (C=O) groups excluding carboxylic acids is 2. The van der Waals surface area contributed by atoms with Crippen LogP contribution < -0.4 is 0 Å². The molecule has 0 aliphatic carbocycles. The summed E-state index contributed by atoms with van der Waals surface area (Å²) in [7, 11) is -1.82. The molecule has 2 fully saturated rings. The molecule has 142 valence electrons. The summed E-state index contributed by atoms with van der Waals surface area (Å²) in [4.78, 5) is 27.4. The van der Waals surface area contributed by atoms with Crippen molar-refractivity contribution in [2.75, 3.05) is 39.8 Å². The number of hydrogen-bond donors (Lipinski definition) is 0. The van der Waals surface area contributed by atoms with Gasteiger partial charge in [0.1, 0.15) is 0 Å². The smallest absolute Gasteiger partial charge is 0.223 e. The quantitative estimate of drug-likeness (QED) is 0.768. The van der Waals surface area contributed by atoms with E-state index in [0.29, 0.717) is 19.6 Å². The summed E-state index contributed by atoms with van der Waals surface area (Å²) < 4.78 is 27.5. The maximum atomic E-state index is 13.0. The fourth-order valence-corrected chi connectivity index (χ4v) is 5.54. The molecule has 2 aliphatic rings. The standard InChI is InChI=1S/C18H25N3O4S/c1-15(22)20-8-9-21(14-18(13-20)10-17(23)19(2)12-18)26(24,25)11-16-6-4-3-5-7-16/h3-7H,8-14H2,1-2H3/t18-/m0/s1. The van der Waals surface area contributed by atoms with Gasteiger partial charge in [-0.15, -0.1) is 0 Å². The van der Waals surface area contributed by atoms with Gasteiger partial charge in [0, 0.05) is 58.5 Å². The fourth-order valence-electron chi connectivity index (χ4n) is 3.92. The van der Waals surface area contributed by atoms with Crippen molar-refractivity contribution in [2.24, 2.45) is 5.41 Å². The summed E-state index contributed by atoms with van der Waals surface area (Å²) in [6.07, 6.45) is 0.268. The second-order valence-corrected chi connectivity index (χ2v) is 9.41. The van der Waals surface area contributed by atoms with Crippen LogP contribution in [-0.2, 0) is 25.4 Å². The number of likely N-dealkylation sites (tertiary alicyclic amines) is 1. The van der Waals surface area contributed by atoms with Gasteiger partial charge in [-0.25, -0.2) is 8.42 Å². The molecule has 2 saturated heterocycles. The monoisotopic (exact) mass is 379 g/mol. The van der Waals surface area contributed by atoms with Crippen molar-refractivity contribution in [1.29, 1.82) is 0 Å². The Labute approximate surface area is 154 Å². The number of hydrogen-bond acceptors (Lipinski definition) is 4. The highest BCUT2D eigenvalue weighted by atomic mass is 32.2. The van der Waals surface area contributed by atoms with E-state index in [4.69, 9.17) is 0 Å². The largest absolute Gasteiger partial charge is 0.345 e. The normalized spacial score (nSPS) is 24.9. The second-order valence-electron chi connectivity index (χ2n) is 7.44. The second kappa shape index (κ2) is 7.00. The van der Waals surface area contributed by atoms with Gasteiger partial charge >= 0.3 is 0 Å². The molecule has 7 nitrogen and oxygen atoms in total. The van der Waals surface area contributed by atoms with Crippen molar-refractivity contribution >= 4 is 21.8 Å². The Kier molecular flexibility index (Phi) is 5.07. The highest BCUT2D eigenvalue weighted by molar-refractivity contribution is 7.88. The van der Waals surface area contributed by atoms with E-state index in [2.05, 4.69) is 0 Å². The molecule has 8 heteroatoms. The zero-order valence-electron chi connectivity index (χ0n) is 15.2. The van der Waals surface area contributed by atoms with E-state index in [1.54, 1.807) is 29.0 Å². The third-order valence-corrected chi connectivity index (χ3v) is 7.01. The summed E-state index contributed by atoms with van der Waals surface area (Å²) in [5, 5.41) is 0. The Balaban J connectivity index is 1.87. The SMILES string of the molecule is CC(=O)N1CCN(S(=O)(=O)Cc2ccccc2)C[C@]2(CC(=O)N(C)C2)C1. The van der Waals surface area contributed by atoms with Crippen molar-refractivity contribution in [3.8, 4) is 0 Å². The lowest BCUT2D eigenvalue weighted by atomic mass is 9.86. The third-order valence-electron chi connectivity index (χ3n) is 5.21. The van der Waals surface area contributed by atoms with Gasteiger partial charge in [0.25, 0.3) is 0 Å². The Bertz CT molecular complexity index is 796. The van der Waals surface area contributed by atoms with Gasteiger partial charge in [-0.1, -0.05) is 30.3 Å². The molecule has 0 radical (unpaired) electrons. The van der Waals surface area contributed by atoms with Crippen LogP contribution in [0.1, 0.15) is 18.9 Å². The number of sulfonamides is 1. The molecule has 0 aromatic heterocycles. The first kappa shape index (κ1) is 18.8. The van der Waals surface area contributed by atoms with Crippen LogP contribution in [-0.4, -0.2) is 74.1 Å². The zero-order chi connectivity index (χ0) is 18.9. The molecule has 26 heavy (non-hydrogen) atoms. The van der Waals surface area contributed by atoms with Crippen LogP contribution in [0.25, 0.3) is 0 Å². The van der Waals surface area contributed by atoms with Crippen LogP contribution in [0, 0.1) is 5.41 Å². The average Bonchev–Trinajstić information content (AvgIpc) is 2.73. The van der Waals surface area contributed by atoms with Gasteiger partial charge in [-0.2, -0.15) is 4.31 Å². The molecule has 0 N–H and O–H groups in total. The Hall–Kier alpha value is -1.93. The minimum Gasteiger partial charge on any atom is -0.345 e. The predicted octanol–water partition coefficient (Wildman–Crippen LogP) is 0.529. The minimum absolute atomic E-state index is 0.00388. The maximum absolute atomic E-state index is 13.0. The summed E-state index contributed by atoms with van der Waals surface area (Å²) in [6, 6.07) is 9.06. The van der Waals surface area contributed by atoms with Gasteiger partial charge in [0.15, 0.2) is 0 Å². The van der Waals surface area contributed by atoms with E-state index in [1.807, 2.05) is 18.2 Å². The summed E-state index contributed by atoms with van der Waals surface area (Å²) >= 11 is 0. The molecule has 0 unspecified atom stereocenters. The highest BCUT2D eigenvalue weighted by Gasteiger charge is 2.47. The van der Waals surface area contributed by atoms with E-state index in [-0.39, 0.29) is 37.1 Å². The lowest BCUT2D eigenvalue weighted by molar-refractivity contribution is -0.130. The Morgan fingerprint density at radius 3 is 2.38 bits per heavy atom. The number of nitrogens with zero attached hydrogens (tertiary/aromatic N) is 3. The molecule has 2 heterocycles. The molecule has 0 saturated carbocycles. The topological polar surface area (TPSA) is 78.0 Å². The van der Waals surface area contributed by atoms with Crippen LogP contribution in [0.3, 0.4) is 0 Å². The summed E-state index contributed by atoms with van der Waals surface area (Å²) in [6.45, 7) is 3.24. The van der Waals surface area contributed by atoms with Crippen LogP contribution in [0.4, 0.5) is 0 Å². The summed E-state index contributed by atoms with van der Waals surface area (Å²) in [5.74, 6) is -0.169. The first-order valence-corrected chi connectivity index (χ1v) is 10.3. The van der Waals surface area contributed by atoms with Crippen molar-refractivity contribution in [3.63, 3.8) is 0 Å². The summed E-state index contributed by atoms with van der Waals surface area (Å²) in [5.41, 5.74) is 0.187. The highest BCUT2D eigenvalue weighted by Crippen LogP contribution is 2.35. The Morgan fingerprint density at radius 2 is 1.81 bits per heavy atom. The minimum atomic E-state index is -3.54. The van der Waals surface area contributed by atoms with Crippen molar-refractivity contribution in [3.05, 3.63) is 35.9 Å². The van der Waals surface area contributed by atoms with Crippen LogP contribution >= 0.6 is 0 Å². The molecule has 1 atom stereocenters. The van der Waals surface area contributed by atoms with Crippen LogP contribution in [0.5, 0.6) is 0 Å². The molecule has 0 bridgehead atoms. The average molecular weight is 379 g/mol. The van der Waals surface area contributed by atoms with Crippen molar-refractivity contribution in [1.82, 2.24) is 14.1 Å². The van der Waals surface area contributed by atoms with E-state index >= 15 is 0 Å². The molecule has 1 aromatic rings. The molecule has 2 aliphatic heterocycles. The lowest BCUT2D eigenvalue weighted by Crippen LogP contribution is -2.45. The van der Waals surface area contributed by atoms with Gasteiger partial charge < -0.3 is 9.80 Å². The van der Waals surface area contributed by atoms with E-state index < -0.39 is 15.4 Å². The Morgan fingerprint density at radius 1 is 1.12 bits per heavy atom. The maximum Gasteiger partial charge on any atom is 0.223 e. The van der Waals surface area contributed by atoms with Gasteiger partial charge in [-0.3, -0.25) is 9.59 Å². The van der Waals surface area contributed by atoms with Crippen LogP contribution in [0.15, 0.2) is 30.3 Å². The number of rotatable bonds is 3. The predicted molar refractivity (Wildman–Crippen MR) is 97.6 cm³/mol. The molecule has 1 spiro atoms. The first-order valence-electron chi connectivity index (χ1n) is 8.72. The molecule has 2 amide bonds. The van der Waals surface area contributed by atoms with Crippen molar-refractivity contribution in [2.45, 2.75) is 19.1 Å². The molecule has 3 rings (SSSR count). The van der Waals surface area contributed by atoms with Crippen molar-refractivity contribution < 1.29 is 18.0 Å². The van der Waals surface area contributed by atoms with Gasteiger partial charge in [0.05, 0.1) is 5.75 Å². The fraction of sp³-hybridized carbons (Fsp3) is 0.556. The zero-order valence-corrected chi connectivity index (χ0v) is 16.0. The first-order chi connectivity index (χ1) is 12.2. The lowest BCUT2D eigenvalue weighted by Gasteiger charge is -2.32. The number of carbonyl (C=O) groups is 2. The van der Waals surface area contributed by atoms with Gasteiger partial charge in [0.2, 0.25) is 21.8 Å². The van der Waals surface area contributed by atoms with E-state index in [1.165, 1.54) is 11.2 Å². The van der Waals surface area contributed by atoms with E-state index in [9.17, 15) is 18.0 Å². The van der Waals surface area contributed by atoms with E-state index in [0.717, 1.165) is 5.56 Å². The van der Waals surface area contributed by atoms with Crippen LogP contribution in [0.2, 0.25) is 0 Å².